The monoisotopic (exact) mass is 625 g/mol. The SMILES string of the molecule is CCOc1ccc(N(CC(=O)N(Cc2ccc(Cl)cc2)C(CC)C(=O)NC2CCCCC2)S(=O)(=O)c2ccccc2)cc1. The van der Waals surface area contributed by atoms with Crippen molar-refractivity contribution in [2.45, 2.75) is 75.9 Å². The van der Waals surface area contributed by atoms with Crippen LogP contribution in [0, 0.1) is 0 Å². The standard InChI is InChI=1S/C33H40ClN3O5S/c1-3-31(33(39)35-27-11-7-5-8-12-27)36(23-25-15-17-26(34)18-16-25)32(38)24-37(28-19-21-29(22-20-28)42-4-2)43(40,41)30-13-9-6-10-14-30/h6,9-10,13-22,27,31H,3-5,7-8,11-12,23-24H2,1-2H3,(H,35,39). The average molecular weight is 626 g/mol. The smallest absolute Gasteiger partial charge is 0.264 e. The van der Waals surface area contributed by atoms with Gasteiger partial charge in [0.1, 0.15) is 18.3 Å². The van der Waals surface area contributed by atoms with Gasteiger partial charge in [0, 0.05) is 17.6 Å². The molecule has 1 aliphatic rings. The van der Waals surface area contributed by atoms with Crippen molar-refractivity contribution in [3.8, 4) is 5.75 Å². The van der Waals surface area contributed by atoms with E-state index in [9.17, 15) is 18.0 Å². The van der Waals surface area contributed by atoms with Gasteiger partial charge in [-0.3, -0.25) is 13.9 Å². The molecule has 3 aromatic carbocycles. The molecule has 0 spiro atoms. The minimum atomic E-state index is -4.13. The summed E-state index contributed by atoms with van der Waals surface area (Å²) in [6.45, 7) is 3.81. The lowest BCUT2D eigenvalue weighted by molar-refractivity contribution is -0.140. The van der Waals surface area contributed by atoms with Gasteiger partial charge in [0.15, 0.2) is 0 Å². The Morgan fingerprint density at radius 3 is 2.19 bits per heavy atom. The quantitative estimate of drug-likeness (QED) is 0.244. The van der Waals surface area contributed by atoms with Crippen LogP contribution in [0.2, 0.25) is 5.02 Å². The Morgan fingerprint density at radius 2 is 1.58 bits per heavy atom. The first kappa shape index (κ1) is 32.4. The van der Waals surface area contributed by atoms with Crippen LogP contribution in [-0.4, -0.2) is 50.4 Å². The zero-order chi connectivity index (χ0) is 30.8. The first-order valence-electron chi connectivity index (χ1n) is 14.9. The molecule has 8 nitrogen and oxygen atoms in total. The highest BCUT2D eigenvalue weighted by atomic mass is 35.5. The van der Waals surface area contributed by atoms with E-state index in [0.717, 1.165) is 42.0 Å². The number of benzene rings is 3. The molecule has 1 unspecified atom stereocenters. The third kappa shape index (κ3) is 8.51. The maximum absolute atomic E-state index is 14.2. The van der Waals surface area contributed by atoms with Gasteiger partial charge >= 0.3 is 0 Å². The summed E-state index contributed by atoms with van der Waals surface area (Å²) in [5, 5.41) is 3.71. The van der Waals surface area contributed by atoms with Gasteiger partial charge in [-0.25, -0.2) is 8.42 Å². The van der Waals surface area contributed by atoms with E-state index in [4.69, 9.17) is 16.3 Å². The van der Waals surface area contributed by atoms with Crippen LogP contribution in [-0.2, 0) is 26.2 Å². The van der Waals surface area contributed by atoms with E-state index in [1.807, 2.05) is 13.8 Å². The molecule has 0 saturated heterocycles. The number of hydrogen-bond donors (Lipinski definition) is 1. The third-order valence-electron chi connectivity index (χ3n) is 7.65. The van der Waals surface area contributed by atoms with Gasteiger partial charge in [-0.15, -0.1) is 0 Å². The summed E-state index contributed by atoms with van der Waals surface area (Å²) in [4.78, 5) is 29.4. The van der Waals surface area contributed by atoms with Crippen molar-refractivity contribution in [1.82, 2.24) is 10.2 Å². The zero-order valence-electron chi connectivity index (χ0n) is 24.7. The van der Waals surface area contributed by atoms with Crippen molar-refractivity contribution in [2.75, 3.05) is 17.5 Å². The van der Waals surface area contributed by atoms with Crippen molar-refractivity contribution in [3.63, 3.8) is 0 Å². The second-order valence-corrected chi connectivity index (χ2v) is 13.0. The van der Waals surface area contributed by atoms with Crippen LogP contribution in [0.25, 0.3) is 0 Å². The first-order chi connectivity index (χ1) is 20.7. The Balaban J connectivity index is 1.69. The predicted molar refractivity (Wildman–Crippen MR) is 170 cm³/mol. The van der Waals surface area contributed by atoms with Gasteiger partial charge in [0.2, 0.25) is 11.8 Å². The van der Waals surface area contributed by atoms with E-state index in [1.54, 1.807) is 66.7 Å². The fourth-order valence-corrected chi connectivity index (χ4v) is 6.94. The molecule has 1 N–H and O–H groups in total. The lowest BCUT2D eigenvalue weighted by Crippen LogP contribution is -2.54. The fraction of sp³-hybridized carbons (Fsp3) is 0.394. The Morgan fingerprint density at radius 1 is 0.930 bits per heavy atom. The largest absolute Gasteiger partial charge is 0.494 e. The Bertz CT molecular complexity index is 1440. The molecular weight excluding hydrogens is 586 g/mol. The Kier molecular flexibility index (Phi) is 11.5. The van der Waals surface area contributed by atoms with E-state index >= 15 is 0 Å². The lowest BCUT2D eigenvalue weighted by atomic mass is 9.95. The van der Waals surface area contributed by atoms with Gasteiger partial charge in [-0.05, 0) is 80.3 Å². The highest BCUT2D eigenvalue weighted by Gasteiger charge is 2.34. The minimum absolute atomic E-state index is 0.0584. The van der Waals surface area contributed by atoms with Crippen molar-refractivity contribution in [3.05, 3.63) is 89.4 Å². The van der Waals surface area contributed by atoms with E-state index in [2.05, 4.69) is 5.32 Å². The molecule has 3 aromatic rings. The highest BCUT2D eigenvalue weighted by molar-refractivity contribution is 7.92. The molecule has 230 valence electrons. The Hall–Kier alpha value is -3.56. The fourth-order valence-electron chi connectivity index (χ4n) is 5.37. The molecular formula is C33H40ClN3O5S. The molecule has 43 heavy (non-hydrogen) atoms. The van der Waals surface area contributed by atoms with Gasteiger partial charge in [-0.1, -0.05) is 68.1 Å². The lowest BCUT2D eigenvalue weighted by Gasteiger charge is -2.34. The van der Waals surface area contributed by atoms with Gasteiger partial charge < -0.3 is 15.0 Å². The van der Waals surface area contributed by atoms with E-state index in [0.29, 0.717) is 29.5 Å². The van der Waals surface area contributed by atoms with Gasteiger partial charge in [-0.2, -0.15) is 0 Å². The third-order valence-corrected chi connectivity index (χ3v) is 9.69. The van der Waals surface area contributed by atoms with Crippen LogP contribution < -0.4 is 14.4 Å². The van der Waals surface area contributed by atoms with E-state index in [-0.39, 0.29) is 23.4 Å². The molecule has 0 aliphatic heterocycles. The van der Waals surface area contributed by atoms with Crippen molar-refractivity contribution < 1.29 is 22.7 Å². The summed E-state index contributed by atoms with van der Waals surface area (Å²) in [7, 11) is -4.13. The number of nitrogens with one attached hydrogen (secondary N) is 1. The van der Waals surface area contributed by atoms with Gasteiger partial charge in [0.05, 0.1) is 17.2 Å². The summed E-state index contributed by atoms with van der Waals surface area (Å²) in [5.74, 6) is -0.131. The number of hydrogen-bond acceptors (Lipinski definition) is 5. The van der Waals surface area contributed by atoms with Crippen LogP contribution in [0.4, 0.5) is 5.69 Å². The Labute approximate surface area is 260 Å². The number of ether oxygens (including phenoxy) is 1. The average Bonchev–Trinajstić information content (AvgIpc) is 3.02. The summed E-state index contributed by atoms with van der Waals surface area (Å²) in [5.41, 5.74) is 1.09. The number of halogens is 1. The molecule has 10 heteroatoms. The first-order valence-corrected chi connectivity index (χ1v) is 16.7. The highest BCUT2D eigenvalue weighted by Crippen LogP contribution is 2.27. The van der Waals surface area contributed by atoms with E-state index in [1.165, 1.54) is 17.0 Å². The van der Waals surface area contributed by atoms with Crippen LogP contribution in [0.3, 0.4) is 0 Å². The normalized spacial score (nSPS) is 14.5. The molecule has 1 aliphatic carbocycles. The summed E-state index contributed by atoms with van der Waals surface area (Å²) >= 11 is 6.11. The van der Waals surface area contributed by atoms with Crippen molar-refractivity contribution in [2.24, 2.45) is 0 Å². The van der Waals surface area contributed by atoms with Crippen LogP contribution in [0.1, 0.15) is 57.9 Å². The summed E-state index contributed by atoms with van der Waals surface area (Å²) in [6.07, 6.45) is 5.46. The second-order valence-electron chi connectivity index (χ2n) is 10.7. The number of anilines is 1. The maximum Gasteiger partial charge on any atom is 0.264 e. The molecule has 1 fully saturated rings. The maximum atomic E-state index is 14.2. The molecule has 0 aromatic heterocycles. The number of carbonyl (C=O) groups excluding carboxylic acids is 2. The van der Waals surface area contributed by atoms with Gasteiger partial charge in [0.25, 0.3) is 10.0 Å². The topological polar surface area (TPSA) is 96.0 Å². The molecule has 1 saturated carbocycles. The number of amides is 2. The van der Waals surface area contributed by atoms with Crippen LogP contribution in [0.15, 0.2) is 83.8 Å². The van der Waals surface area contributed by atoms with Crippen molar-refractivity contribution in [1.29, 1.82) is 0 Å². The second kappa shape index (κ2) is 15.3. The minimum Gasteiger partial charge on any atom is -0.494 e. The number of sulfonamides is 1. The summed E-state index contributed by atoms with van der Waals surface area (Å²) < 4.78 is 34.6. The number of carbonyl (C=O) groups is 2. The molecule has 2 amide bonds. The summed E-state index contributed by atoms with van der Waals surface area (Å²) in [6, 6.07) is 21.0. The zero-order valence-corrected chi connectivity index (χ0v) is 26.3. The van der Waals surface area contributed by atoms with Crippen molar-refractivity contribution >= 4 is 39.1 Å². The molecule has 0 radical (unpaired) electrons. The molecule has 4 rings (SSSR count). The molecule has 0 bridgehead atoms. The number of rotatable bonds is 13. The molecule has 0 heterocycles. The number of nitrogens with zero attached hydrogens (tertiary/aromatic N) is 2. The van der Waals surface area contributed by atoms with Crippen LogP contribution in [0.5, 0.6) is 5.75 Å². The van der Waals surface area contributed by atoms with Crippen LogP contribution >= 0.6 is 11.6 Å². The predicted octanol–water partition coefficient (Wildman–Crippen LogP) is 6.19. The van der Waals surface area contributed by atoms with E-state index < -0.39 is 28.5 Å². The molecule has 1 atom stereocenters.